The molecule has 0 aliphatic carbocycles. The molecule has 0 bridgehead atoms. The SMILES string of the molecule is N#Cc1ccccc1CS(=O)(=O)N1CCC(C(N)=O)CC1. The van der Waals surface area contributed by atoms with Gasteiger partial charge < -0.3 is 5.73 Å². The van der Waals surface area contributed by atoms with E-state index in [1.54, 1.807) is 24.3 Å². The Morgan fingerprint density at radius 3 is 2.52 bits per heavy atom. The van der Waals surface area contributed by atoms with Crippen molar-refractivity contribution in [3.63, 3.8) is 0 Å². The van der Waals surface area contributed by atoms with Gasteiger partial charge in [-0.1, -0.05) is 18.2 Å². The van der Waals surface area contributed by atoms with Crippen LogP contribution in [0, 0.1) is 17.2 Å². The maximum atomic E-state index is 12.4. The van der Waals surface area contributed by atoms with E-state index in [0.717, 1.165) is 0 Å². The number of carbonyl (C=O) groups is 1. The number of benzene rings is 1. The highest BCUT2D eigenvalue weighted by atomic mass is 32.2. The minimum atomic E-state index is -3.49. The van der Waals surface area contributed by atoms with Crippen LogP contribution in [0.2, 0.25) is 0 Å². The Morgan fingerprint density at radius 2 is 1.95 bits per heavy atom. The Balaban J connectivity index is 2.10. The normalized spacial score (nSPS) is 17.3. The summed E-state index contributed by atoms with van der Waals surface area (Å²) in [5.74, 6) is -0.817. The summed E-state index contributed by atoms with van der Waals surface area (Å²) in [6, 6.07) is 8.66. The molecule has 0 saturated carbocycles. The Morgan fingerprint density at radius 1 is 1.33 bits per heavy atom. The van der Waals surface area contributed by atoms with E-state index in [9.17, 15) is 13.2 Å². The fourth-order valence-corrected chi connectivity index (χ4v) is 4.06. The molecule has 7 heteroatoms. The zero-order valence-corrected chi connectivity index (χ0v) is 12.3. The van der Waals surface area contributed by atoms with Gasteiger partial charge in [0.1, 0.15) is 0 Å². The fraction of sp³-hybridized carbons (Fsp3) is 0.429. The molecule has 1 fully saturated rings. The van der Waals surface area contributed by atoms with Gasteiger partial charge in [-0.05, 0) is 24.5 Å². The number of rotatable bonds is 4. The van der Waals surface area contributed by atoms with E-state index in [2.05, 4.69) is 0 Å². The predicted octanol–water partition coefficient (Wildman–Crippen LogP) is 0.585. The number of amides is 1. The number of nitrogens with zero attached hydrogens (tertiary/aromatic N) is 2. The Kier molecular flexibility index (Phi) is 4.60. The summed E-state index contributed by atoms with van der Waals surface area (Å²) in [6.07, 6.45) is 0.906. The van der Waals surface area contributed by atoms with Crippen molar-refractivity contribution in [2.24, 2.45) is 11.7 Å². The molecule has 0 spiro atoms. The highest BCUT2D eigenvalue weighted by molar-refractivity contribution is 7.88. The molecule has 1 saturated heterocycles. The van der Waals surface area contributed by atoms with Gasteiger partial charge in [0.25, 0.3) is 0 Å². The molecule has 6 nitrogen and oxygen atoms in total. The van der Waals surface area contributed by atoms with Gasteiger partial charge in [-0.15, -0.1) is 0 Å². The molecule has 0 atom stereocenters. The van der Waals surface area contributed by atoms with Crippen molar-refractivity contribution in [2.75, 3.05) is 13.1 Å². The molecular formula is C14H17N3O3S. The van der Waals surface area contributed by atoms with Crippen LogP contribution in [0.5, 0.6) is 0 Å². The summed E-state index contributed by atoms with van der Waals surface area (Å²) in [4.78, 5) is 11.1. The van der Waals surface area contributed by atoms with Crippen molar-refractivity contribution in [3.05, 3.63) is 35.4 Å². The van der Waals surface area contributed by atoms with Gasteiger partial charge >= 0.3 is 0 Å². The lowest BCUT2D eigenvalue weighted by Crippen LogP contribution is -2.42. The molecule has 1 aliphatic heterocycles. The molecule has 1 aliphatic rings. The van der Waals surface area contributed by atoms with Crippen molar-refractivity contribution in [2.45, 2.75) is 18.6 Å². The van der Waals surface area contributed by atoms with E-state index in [1.165, 1.54) is 4.31 Å². The minimum absolute atomic E-state index is 0.196. The number of nitrogens with two attached hydrogens (primary N) is 1. The second kappa shape index (κ2) is 6.24. The maximum Gasteiger partial charge on any atom is 0.220 e. The second-order valence-corrected chi connectivity index (χ2v) is 7.07. The van der Waals surface area contributed by atoms with Gasteiger partial charge in [0.15, 0.2) is 0 Å². The summed E-state index contributed by atoms with van der Waals surface area (Å²) in [5, 5.41) is 9.01. The zero-order chi connectivity index (χ0) is 15.5. The quantitative estimate of drug-likeness (QED) is 0.878. The van der Waals surface area contributed by atoms with Crippen LogP contribution in [0.3, 0.4) is 0 Å². The molecule has 1 heterocycles. The minimum Gasteiger partial charge on any atom is -0.369 e. The Bertz CT molecular complexity index is 671. The molecule has 1 aromatic rings. The average Bonchev–Trinajstić information content (AvgIpc) is 2.47. The molecule has 0 aromatic heterocycles. The first kappa shape index (κ1) is 15.5. The molecule has 2 N–H and O–H groups in total. The first-order chi connectivity index (χ1) is 9.94. The van der Waals surface area contributed by atoms with Crippen molar-refractivity contribution >= 4 is 15.9 Å². The summed E-state index contributed by atoms with van der Waals surface area (Å²) in [7, 11) is -3.49. The van der Waals surface area contributed by atoms with Gasteiger partial charge in [0.2, 0.25) is 15.9 Å². The van der Waals surface area contributed by atoms with E-state index in [4.69, 9.17) is 11.0 Å². The number of hydrogen-bond donors (Lipinski definition) is 1. The molecule has 1 amide bonds. The maximum absolute atomic E-state index is 12.4. The Labute approximate surface area is 124 Å². The molecule has 1 aromatic carbocycles. The van der Waals surface area contributed by atoms with Crippen LogP contribution in [0.15, 0.2) is 24.3 Å². The lowest BCUT2D eigenvalue weighted by molar-refractivity contribution is -0.122. The molecule has 112 valence electrons. The summed E-state index contributed by atoms with van der Waals surface area (Å²) >= 11 is 0. The first-order valence-electron chi connectivity index (χ1n) is 6.69. The van der Waals surface area contributed by atoms with Gasteiger partial charge in [-0.3, -0.25) is 4.79 Å². The fourth-order valence-electron chi connectivity index (χ4n) is 2.46. The third-order valence-corrected chi connectivity index (χ3v) is 5.55. The summed E-state index contributed by atoms with van der Waals surface area (Å²) in [5.41, 5.74) is 6.11. The lowest BCUT2D eigenvalue weighted by Gasteiger charge is -2.29. The Hall–Kier alpha value is -1.91. The van der Waals surface area contributed by atoms with Gasteiger partial charge in [0, 0.05) is 19.0 Å². The van der Waals surface area contributed by atoms with Gasteiger partial charge in [0.05, 0.1) is 17.4 Å². The van der Waals surface area contributed by atoms with Crippen molar-refractivity contribution in [1.29, 1.82) is 5.26 Å². The molecule has 0 unspecified atom stereocenters. The van der Waals surface area contributed by atoms with E-state index in [0.29, 0.717) is 37.1 Å². The van der Waals surface area contributed by atoms with E-state index < -0.39 is 10.0 Å². The number of primary amides is 1. The topological polar surface area (TPSA) is 104 Å². The third kappa shape index (κ3) is 3.60. The molecule has 21 heavy (non-hydrogen) atoms. The monoisotopic (exact) mass is 307 g/mol. The van der Waals surface area contributed by atoms with Crippen LogP contribution >= 0.6 is 0 Å². The van der Waals surface area contributed by atoms with Crippen LogP contribution in [0.1, 0.15) is 24.0 Å². The number of carbonyl (C=O) groups excluding carboxylic acids is 1. The summed E-state index contributed by atoms with van der Waals surface area (Å²) < 4.78 is 26.2. The number of sulfonamides is 1. The number of nitriles is 1. The van der Waals surface area contributed by atoms with Crippen LogP contribution < -0.4 is 5.73 Å². The van der Waals surface area contributed by atoms with Crippen LogP contribution in [-0.4, -0.2) is 31.7 Å². The van der Waals surface area contributed by atoms with E-state index in [1.807, 2.05) is 6.07 Å². The summed E-state index contributed by atoms with van der Waals surface area (Å²) in [6.45, 7) is 0.593. The number of hydrogen-bond acceptors (Lipinski definition) is 4. The lowest BCUT2D eigenvalue weighted by atomic mass is 9.98. The van der Waals surface area contributed by atoms with Crippen molar-refractivity contribution < 1.29 is 13.2 Å². The van der Waals surface area contributed by atoms with Gasteiger partial charge in [-0.2, -0.15) is 5.26 Å². The zero-order valence-electron chi connectivity index (χ0n) is 11.5. The molecular weight excluding hydrogens is 290 g/mol. The largest absolute Gasteiger partial charge is 0.369 e. The van der Waals surface area contributed by atoms with Crippen molar-refractivity contribution in [3.8, 4) is 6.07 Å². The number of piperidine rings is 1. The van der Waals surface area contributed by atoms with Gasteiger partial charge in [-0.25, -0.2) is 12.7 Å². The predicted molar refractivity (Wildman–Crippen MR) is 77.3 cm³/mol. The molecule has 2 rings (SSSR count). The highest BCUT2D eigenvalue weighted by Gasteiger charge is 2.30. The first-order valence-corrected chi connectivity index (χ1v) is 8.30. The van der Waals surface area contributed by atoms with Crippen molar-refractivity contribution in [1.82, 2.24) is 4.31 Å². The second-order valence-electron chi connectivity index (χ2n) is 5.10. The average molecular weight is 307 g/mol. The van der Waals surface area contributed by atoms with Crippen LogP contribution in [0.25, 0.3) is 0 Å². The standard InChI is InChI=1S/C14H17N3O3S/c15-9-12-3-1-2-4-13(12)10-21(19,20)17-7-5-11(6-8-17)14(16)18/h1-4,11H,5-8,10H2,(H2,16,18). The van der Waals surface area contributed by atoms with E-state index >= 15 is 0 Å². The van der Waals surface area contributed by atoms with E-state index in [-0.39, 0.29) is 17.6 Å². The van der Waals surface area contributed by atoms with Crippen LogP contribution in [0.4, 0.5) is 0 Å². The smallest absolute Gasteiger partial charge is 0.220 e. The third-order valence-electron chi connectivity index (χ3n) is 3.73. The highest BCUT2D eigenvalue weighted by Crippen LogP contribution is 2.22. The molecule has 0 radical (unpaired) electrons. The van der Waals surface area contributed by atoms with Crippen LogP contribution in [-0.2, 0) is 20.6 Å².